The summed E-state index contributed by atoms with van der Waals surface area (Å²) < 4.78 is 10.2. The Kier molecular flexibility index (Phi) is 6.12. The summed E-state index contributed by atoms with van der Waals surface area (Å²) in [5.41, 5.74) is 3.80. The summed E-state index contributed by atoms with van der Waals surface area (Å²) in [5.74, 6) is 0.0926. The van der Waals surface area contributed by atoms with Gasteiger partial charge in [0.15, 0.2) is 0 Å². The van der Waals surface area contributed by atoms with Crippen LogP contribution in [0.2, 0.25) is 0 Å². The maximum absolute atomic E-state index is 13.2. The summed E-state index contributed by atoms with van der Waals surface area (Å²) in [4.78, 5) is 29.5. The van der Waals surface area contributed by atoms with E-state index in [1.807, 2.05) is 55.5 Å². The highest BCUT2D eigenvalue weighted by Crippen LogP contribution is 2.27. The highest BCUT2D eigenvalue weighted by atomic mass is 16.5. The number of fused-ring (bicyclic) bond motifs is 1. The third-order valence-corrected chi connectivity index (χ3v) is 4.99. The van der Waals surface area contributed by atoms with Crippen molar-refractivity contribution in [1.29, 1.82) is 0 Å². The number of esters is 1. The lowest BCUT2D eigenvalue weighted by molar-refractivity contribution is 0.0600. The van der Waals surface area contributed by atoms with Gasteiger partial charge in [0, 0.05) is 16.6 Å². The Morgan fingerprint density at radius 2 is 1.66 bits per heavy atom. The van der Waals surface area contributed by atoms with E-state index < -0.39 is 5.97 Å². The van der Waals surface area contributed by atoms with Crippen molar-refractivity contribution in [3.05, 3.63) is 90.0 Å². The first kappa shape index (κ1) is 21.1. The molecule has 0 fully saturated rings. The molecule has 0 spiro atoms. The van der Waals surface area contributed by atoms with Gasteiger partial charge < -0.3 is 14.8 Å². The number of rotatable bonds is 6. The molecule has 1 N–H and O–H groups in total. The number of para-hydroxylation sites is 1. The first-order valence-electron chi connectivity index (χ1n) is 10.2. The molecule has 160 valence electrons. The van der Waals surface area contributed by atoms with Crippen molar-refractivity contribution in [1.82, 2.24) is 4.98 Å². The number of pyridine rings is 1. The smallest absolute Gasteiger partial charge is 0.337 e. The van der Waals surface area contributed by atoms with E-state index in [0.717, 1.165) is 22.2 Å². The highest BCUT2D eigenvalue weighted by Gasteiger charge is 2.15. The van der Waals surface area contributed by atoms with Crippen molar-refractivity contribution < 1.29 is 19.1 Å². The van der Waals surface area contributed by atoms with Crippen molar-refractivity contribution in [3.63, 3.8) is 0 Å². The molecule has 0 unspecified atom stereocenters. The number of aromatic nitrogens is 1. The summed E-state index contributed by atoms with van der Waals surface area (Å²) in [7, 11) is 1.33. The van der Waals surface area contributed by atoms with Crippen LogP contribution in [0.25, 0.3) is 22.2 Å². The number of anilines is 1. The molecule has 32 heavy (non-hydrogen) atoms. The molecule has 0 bridgehead atoms. The third-order valence-electron chi connectivity index (χ3n) is 4.99. The highest BCUT2D eigenvalue weighted by molar-refractivity contribution is 6.13. The topological polar surface area (TPSA) is 77.5 Å². The second kappa shape index (κ2) is 9.31. The Labute approximate surface area is 185 Å². The van der Waals surface area contributed by atoms with Crippen LogP contribution < -0.4 is 10.1 Å². The number of nitrogens with zero attached hydrogens (tertiary/aromatic N) is 1. The van der Waals surface area contributed by atoms with Gasteiger partial charge in [-0.25, -0.2) is 9.78 Å². The summed E-state index contributed by atoms with van der Waals surface area (Å²) in [6.07, 6.45) is 0. The van der Waals surface area contributed by atoms with Crippen molar-refractivity contribution in [2.75, 3.05) is 19.0 Å². The van der Waals surface area contributed by atoms with E-state index in [1.54, 1.807) is 30.3 Å². The van der Waals surface area contributed by atoms with Crippen LogP contribution in [-0.2, 0) is 4.74 Å². The van der Waals surface area contributed by atoms with Crippen molar-refractivity contribution in [2.45, 2.75) is 6.92 Å². The molecule has 1 heterocycles. The summed E-state index contributed by atoms with van der Waals surface area (Å²) in [6, 6.07) is 23.5. The van der Waals surface area contributed by atoms with Gasteiger partial charge in [-0.05, 0) is 67.6 Å². The maximum Gasteiger partial charge on any atom is 0.337 e. The van der Waals surface area contributed by atoms with Crippen molar-refractivity contribution in [3.8, 4) is 17.0 Å². The zero-order chi connectivity index (χ0) is 22.5. The fraction of sp³-hybridized carbons (Fsp3) is 0.115. The molecule has 0 aliphatic carbocycles. The number of carbonyl (C=O) groups excluding carboxylic acids is 2. The Balaban J connectivity index is 1.68. The maximum atomic E-state index is 13.2. The number of carbonyl (C=O) groups is 2. The Hall–Kier alpha value is -4.19. The van der Waals surface area contributed by atoms with E-state index >= 15 is 0 Å². The van der Waals surface area contributed by atoms with Crippen LogP contribution in [0.1, 0.15) is 27.6 Å². The van der Waals surface area contributed by atoms with Crippen LogP contribution in [0.4, 0.5) is 5.69 Å². The molecular weight excluding hydrogens is 404 g/mol. The van der Waals surface area contributed by atoms with E-state index in [2.05, 4.69) is 5.32 Å². The van der Waals surface area contributed by atoms with Crippen LogP contribution in [0, 0.1) is 0 Å². The second-order valence-corrected chi connectivity index (χ2v) is 7.05. The van der Waals surface area contributed by atoms with Crippen LogP contribution in [0.3, 0.4) is 0 Å². The Bertz CT molecular complexity index is 1270. The lowest BCUT2D eigenvalue weighted by Crippen LogP contribution is -2.13. The third kappa shape index (κ3) is 4.44. The lowest BCUT2D eigenvalue weighted by atomic mass is 10.0. The molecule has 0 atom stereocenters. The molecule has 3 aromatic carbocycles. The van der Waals surface area contributed by atoms with Crippen LogP contribution in [-0.4, -0.2) is 30.6 Å². The Morgan fingerprint density at radius 1 is 0.938 bits per heavy atom. The minimum atomic E-state index is -0.428. The number of methoxy groups -OCH3 is 1. The molecular formula is C26H22N2O4. The van der Waals surface area contributed by atoms with Gasteiger partial charge in [-0.2, -0.15) is 0 Å². The molecule has 0 radical (unpaired) electrons. The zero-order valence-corrected chi connectivity index (χ0v) is 17.8. The van der Waals surface area contributed by atoms with Gasteiger partial charge in [0.1, 0.15) is 5.75 Å². The van der Waals surface area contributed by atoms with Gasteiger partial charge in [-0.15, -0.1) is 0 Å². The number of hydrogen-bond acceptors (Lipinski definition) is 5. The fourth-order valence-corrected chi connectivity index (χ4v) is 3.41. The number of benzene rings is 3. The lowest BCUT2D eigenvalue weighted by Gasteiger charge is -2.11. The van der Waals surface area contributed by atoms with Gasteiger partial charge in [0.2, 0.25) is 0 Å². The monoisotopic (exact) mass is 426 g/mol. The van der Waals surface area contributed by atoms with E-state index in [4.69, 9.17) is 14.5 Å². The van der Waals surface area contributed by atoms with Crippen molar-refractivity contribution >= 4 is 28.5 Å². The molecule has 4 rings (SSSR count). The van der Waals surface area contributed by atoms with Gasteiger partial charge in [0.05, 0.1) is 36.1 Å². The van der Waals surface area contributed by atoms with E-state index in [1.165, 1.54) is 7.11 Å². The SMILES string of the molecule is CCOc1ccc(-c2cc(C(=O)Nc3ccc(C(=O)OC)cc3)c3ccccc3n2)cc1. The summed E-state index contributed by atoms with van der Waals surface area (Å²) >= 11 is 0. The molecule has 6 nitrogen and oxygen atoms in total. The first-order valence-corrected chi connectivity index (χ1v) is 10.2. The predicted octanol–water partition coefficient (Wildman–Crippen LogP) is 5.34. The molecule has 0 aliphatic rings. The van der Waals surface area contributed by atoms with Crippen LogP contribution in [0.5, 0.6) is 5.75 Å². The average molecular weight is 426 g/mol. The average Bonchev–Trinajstić information content (AvgIpc) is 2.84. The minimum Gasteiger partial charge on any atom is -0.494 e. The summed E-state index contributed by atoms with van der Waals surface area (Å²) in [6.45, 7) is 2.53. The predicted molar refractivity (Wildman–Crippen MR) is 124 cm³/mol. The van der Waals surface area contributed by atoms with Gasteiger partial charge >= 0.3 is 5.97 Å². The molecule has 0 aliphatic heterocycles. The van der Waals surface area contributed by atoms with E-state index in [9.17, 15) is 9.59 Å². The molecule has 0 saturated heterocycles. The largest absolute Gasteiger partial charge is 0.494 e. The number of hydrogen-bond donors (Lipinski definition) is 1. The van der Waals surface area contributed by atoms with E-state index in [0.29, 0.717) is 29.1 Å². The first-order chi connectivity index (χ1) is 15.6. The normalized spacial score (nSPS) is 10.6. The van der Waals surface area contributed by atoms with E-state index in [-0.39, 0.29) is 5.91 Å². The van der Waals surface area contributed by atoms with Crippen LogP contribution in [0.15, 0.2) is 78.9 Å². The number of nitrogens with one attached hydrogen (secondary N) is 1. The van der Waals surface area contributed by atoms with Gasteiger partial charge in [0.25, 0.3) is 5.91 Å². The minimum absolute atomic E-state index is 0.262. The molecule has 4 aromatic rings. The van der Waals surface area contributed by atoms with Crippen molar-refractivity contribution in [2.24, 2.45) is 0 Å². The molecule has 1 amide bonds. The Morgan fingerprint density at radius 3 is 2.34 bits per heavy atom. The molecule has 0 saturated carbocycles. The number of ether oxygens (including phenoxy) is 2. The summed E-state index contributed by atoms with van der Waals surface area (Å²) in [5, 5.41) is 3.66. The van der Waals surface area contributed by atoms with Gasteiger partial charge in [-0.1, -0.05) is 18.2 Å². The molecule has 6 heteroatoms. The molecule has 1 aromatic heterocycles. The number of amides is 1. The second-order valence-electron chi connectivity index (χ2n) is 7.05. The van der Waals surface area contributed by atoms with Crippen LogP contribution >= 0.6 is 0 Å². The standard InChI is InChI=1S/C26H22N2O4/c1-3-32-20-14-10-17(11-15-20)24-16-22(21-6-4-5-7-23(21)28-24)25(29)27-19-12-8-18(9-13-19)26(30)31-2/h4-16H,3H2,1-2H3,(H,27,29). The zero-order valence-electron chi connectivity index (χ0n) is 17.8. The quantitative estimate of drug-likeness (QED) is 0.421. The van der Waals surface area contributed by atoms with Gasteiger partial charge in [-0.3, -0.25) is 4.79 Å². The fourth-order valence-electron chi connectivity index (χ4n) is 3.41.